The molecule has 1 aromatic rings. The van der Waals surface area contributed by atoms with E-state index in [9.17, 15) is 0 Å². The van der Waals surface area contributed by atoms with Crippen LogP contribution in [0, 0.1) is 0 Å². The molecule has 0 bridgehead atoms. The molecule has 0 heterocycles. The first kappa shape index (κ1) is 16.8. The van der Waals surface area contributed by atoms with Gasteiger partial charge < -0.3 is 19.5 Å². The van der Waals surface area contributed by atoms with Gasteiger partial charge in [-0.1, -0.05) is 6.07 Å². The highest BCUT2D eigenvalue weighted by molar-refractivity contribution is 5.43. The highest BCUT2D eigenvalue weighted by Crippen LogP contribution is 2.28. The Bertz CT molecular complexity index is 416. The lowest BCUT2D eigenvalue weighted by atomic mass is 10.1. The molecule has 114 valence electrons. The van der Waals surface area contributed by atoms with Crippen molar-refractivity contribution in [2.24, 2.45) is 0 Å². The molecule has 0 saturated carbocycles. The largest absolute Gasteiger partial charge is 0.493 e. The summed E-state index contributed by atoms with van der Waals surface area (Å²) in [6.07, 6.45) is 0.135. The molecule has 4 heteroatoms. The van der Waals surface area contributed by atoms with Crippen molar-refractivity contribution < 1.29 is 14.2 Å². The molecule has 0 fully saturated rings. The first-order valence-corrected chi connectivity index (χ1v) is 6.97. The molecule has 1 aromatic carbocycles. The van der Waals surface area contributed by atoms with Gasteiger partial charge in [-0.2, -0.15) is 0 Å². The number of hydrogen-bond acceptors (Lipinski definition) is 4. The van der Waals surface area contributed by atoms with E-state index < -0.39 is 0 Å². The number of nitrogens with one attached hydrogen (secondary N) is 1. The van der Waals surface area contributed by atoms with Crippen molar-refractivity contribution in [2.75, 3.05) is 20.8 Å². The van der Waals surface area contributed by atoms with Crippen LogP contribution in [0.25, 0.3) is 0 Å². The molecular formula is C16H27NO3. The normalized spacial score (nSPS) is 11.8. The second-order valence-electron chi connectivity index (χ2n) is 5.72. The van der Waals surface area contributed by atoms with E-state index >= 15 is 0 Å². The maximum atomic E-state index is 5.70. The lowest BCUT2D eigenvalue weighted by Crippen LogP contribution is -2.36. The molecule has 1 rings (SSSR count). The molecule has 4 nitrogen and oxygen atoms in total. The van der Waals surface area contributed by atoms with E-state index in [4.69, 9.17) is 14.2 Å². The maximum Gasteiger partial charge on any atom is 0.161 e. The smallest absolute Gasteiger partial charge is 0.161 e. The Labute approximate surface area is 122 Å². The van der Waals surface area contributed by atoms with Crippen LogP contribution in [0.4, 0.5) is 0 Å². The van der Waals surface area contributed by atoms with Crippen LogP contribution >= 0.6 is 0 Å². The van der Waals surface area contributed by atoms with E-state index in [1.807, 2.05) is 32.0 Å². The van der Waals surface area contributed by atoms with E-state index in [1.54, 1.807) is 14.2 Å². The molecule has 0 unspecified atom stereocenters. The van der Waals surface area contributed by atoms with E-state index in [0.29, 0.717) is 0 Å². The summed E-state index contributed by atoms with van der Waals surface area (Å²) in [5.41, 5.74) is 0.995. The maximum absolute atomic E-state index is 5.70. The fraction of sp³-hybridized carbons (Fsp3) is 0.625. The molecule has 0 aromatic heterocycles. The van der Waals surface area contributed by atoms with Crippen LogP contribution in [-0.4, -0.2) is 32.5 Å². The Kier molecular flexibility index (Phi) is 6.30. The minimum absolute atomic E-state index is 0.135. The first-order valence-electron chi connectivity index (χ1n) is 6.97. The Balaban J connectivity index is 2.64. The zero-order valence-corrected chi connectivity index (χ0v) is 13.4. The summed E-state index contributed by atoms with van der Waals surface area (Å²) >= 11 is 0. The summed E-state index contributed by atoms with van der Waals surface area (Å²) < 4.78 is 16.5. The molecule has 0 aliphatic carbocycles. The van der Waals surface area contributed by atoms with Crippen LogP contribution in [-0.2, 0) is 11.3 Å². The van der Waals surface area contributed by atoms with Gasteiger partial charge in [-0.3, -0.25) is 0 Å². The molecule has 0 aliphatic heterocycles. The van der Waals surface area contributed by atoms with Crippen molar-refractivity contribution >= 4 is 0 Å². The topological polar surface area (TPSA) is 39.7 Å². The van der Waals surface area contributed by atoms with Gasteiger partial charge in [0.25, 0.3) is 0 Å². The number of ether oxygens (including phenoxy) is 3. The van der Waals surface area contributed by atoms with Gasteiger partial charge in [0, 0.05) is 20.2 Å². The van der Waals surface area contributed by atoms with Crippen LogP contribution in [0.3, 0.4) is 0 Å². The SMILES string of the molecule is COc1cc(CNCC(C)(C)OC)ccc1OC(C)C. The lowest BCUT2D eigenvalue weighted by Gasteiger charge is -2.23. The van der Waals surface area contributed by atoms with E-state index in [0.717, 1.165) is 30.2 Å². The first-order chi connectivity index (χ1) is 9.38. The third-order valence-corrected chi connectivity index (χ3v) is 3.02. The summed E-state index contributed by atoms with van der Waals surface area (Å²) in [7, 11) is 3.39. The molecule has 0 aliphatic rings. The minimum Gasteiger partial charge on any atom is -0.493 e. The fourth-order valence-electron chi connectivity index (χ4n) is 1.75. The van der Waals surface area contributed by atoms with Gasteiger partial charge in [0.1, 0.15) is 0 Å². The molecule has 0 amide bonds. The highest BCUT2D eigenvalue weighted by Gasteiger charge is 2.15. The molecular weight excluding hydrogens is 254 g/mol. The van der Waals surface area contributed by atoms with Gasteiger partial charge in [0.05, 0.1) is 18.8 Å². The van der Waals surface area contributed by atoms with Crippen molar-refractivity contribution in [1.29, 1.82) is 0 Å². The van der Waals surface area contributed by atoms with Crippen LogP contribution in [0.1, 0.15) is 33.3 Å². The summed E-state index contributed by atoms with van der Waals surface area (Å²) in [5.74, 6) is 1.55. The third-order valence-electron chi connectivity index (χ3n) is 3.02. The number of benzene rings is 1. The van der Waals surface area contributed by atoms with Gasteiger partial charge in [-0.25, -0.2) is 0 Å². The second kappa shape index (κ2) is 7.50. The summed E-state index contributed by atoms with van der Waals surface area (Å²) in [4.78, 5) is 0. The van der Waals surface area contributed by atoms with Crippen LogP contribution in [0.5, 0.6) is 11.5 Å². The van der Waals surface area contributed by atoms with Crippen molar-refractivity contribution in [3.8, 4) is 11.5 Å². The van der Waals surface area contributed by atoms with Crippen molar-refractivity contribution in [2.45, 2.75) is 45.9 Å². The molecule has 0 atom stereocenters. The average molecular weight is 281 g/mol. The quantitative estimate of drug-likeness (QED) is 0.795. The van der Waals surface area contributed by atoms with E-state index in [1.165, 1.54) is 0 Å². The Morgan fingerprint density at radius 2 is 1.85 bits per heavy atom. The zero-order chi connectivity index (χ0) is 15.2. The number of methoxy groups -OCH3 is 2. The second-order valence-corrected chi connectivity index (χ2v) is 5.72. The van der Waals surface area contributed by atoms with Crippen LogP contribution < -0.4 is 14.8 Å². The zero-order valence-electron chi connectivity index (χ0n) is 13.4. The van der Waals surface area contributed by atoms with Gasteiger partial charge >= 0.3 is 0 Å². The highest BCUT2D eigenvalue weighted by atomic mass is 16.5. The summed E-state index contributed by atoms with van der Waals surface area (Å²) in [6.45, 7) is 9.67. The van der Waals surface area contributed by atoms with Gasteiger partial charge in [-0.15, -0.1) is 0 Å². The average Bonchev–Trinajstić information content (AvgIpc) is 2.39. The van der Waals surface area contributed by atoms with Crippen LogP contribution in [0.15, 0.2) is 18.2 Å². The number of rotatable bonds is 8. The van der Waals surface area contributed by atoms with Gasteiger partial charge in [0.15, 0.2) is 11.5 Å². The fourth-order valence-corrected chi connectivity index (χ4v) is 1.75. The van der Waals surface area contributed by atoms with Crippen molar-refractivity contribution in [3.05, 3.63) is 23.8 Å². The predicted octanol–water partition coefficient (Wildman–Crippen LogP) is 3.00. The Morgan fingerprint density at radius 1 is 1.15 bits per heavy atom. The van der Waals surface area contributed by atoms with Gasteiger partial charge in [-0.05, 0) is 45.4 Å². The molecule has 1 N–H and O–H groups in total. The molecule has 0 saturated heterocycles. The van der Waals surface area contributed by atoms with E-state index in [-0.39, 0.29) is 11.7 Å². The predicted molar refractivity (Wildman–Crippen MR) is 81.6 cm³/mol. The molecule has 20 heavy (non-hydrogen) atoms. The van der Waals surface area contributed by atoms with Gasteiger partial charge in [0.2, 0.25) is 0 Å². The number of hydrogen-bond donors (Lipinski definition) is 1. The molecule has 0 spiro atoms. The summed E-state index contributed by atoms with van der Waals surface area (Å²) in [5, 5.41) is 3.38. The Morgan fingerprint density at radius 3 is 2.40 bits per heavy atom. The summed E-state index contributed by atoms with van der Waals surface area (Å²) in [6, 6.07) is 6.01. The Hall–Kier alpha value is -1.26. The molecule has 0 radical (unpaired) electrons. The van der Waals surface area contributed by atoms with Crippen LogP contribution in [0.2, 0.25) is 0 Å². The standard InChI is InChI=1S/C16H27NO3/c1-12(2)20-14-8-7-13(9-15(14)18-5)10-17-11-16(3,4)19-6/h7-9,12,17H,10-11H2,1-6H3. The van der Waals surface area contributed by atoms with Crippen molar-refractivity contribution in [3.63, 3.8) is 0 Å². The lowest BCUT2D eigenvalue weighted by molar-refractivity contribution is 0.0230. The third kappa shape index (κ3) is 5.39. The van der Waals surface area contributed by atoms with Crippen molar-refractivity contribution in [1.82, 2.24) is 5.32 Å². The minimum atomic E-state index is -0.162. The van der Waals surface area contributed by atoms with E-state index in [2.05, 4.69) is 19.2 Å². The monoisotopic (exact) mass is 281 g/mol.